The molecule has 0 aromatic heterocycles. The summed E-state index contributed by atoms with van der Waals surface area (Å²) < 4.78 is 0. The van der Waals surface area contributed by atoms with Crippen molar-refractivity contribution in [3.63, 3.8) is 0 Å². The summed E-state index contributed by atoms with van der Waals surface area (Å²) in [6.07, 6.45) is 87.2. The van der Waals surface area contributed by atoms with Crippen molar-refractivity contribution in [2.24, 2.45) is 0 Å². The number of hydrogen-bond donors (Lipinski definition) is 3. The van der Waals surface area contributed by atoms with Crippen molar-refractivity contribution < 1.29 is 15.0 Å². The molecule has 1 amide bonds. The number of nitrogens with one attached hydrogen (secondary N) is 1. The van der Waals surface area contributed by atoms with Gasteiger partial charge in [-0.2, -0.15) is 0 Å². The van der Waals surface area contributed by atoms with Crippen LogP contribution in [0, 0.1) is 0 Å². The highest BCUT2D eigenvalue weighted by atomic mass is 16.3. The summed E-state index contributed by atoms with van der Waals surface area (Å²) in [7, 11) is 0. The smallest absolute Gasteiger partial charge is 0.220 e. The SMILES string of the molecule is CC/C=C\C/C=C\C/C=C\C/C=C\CCCCCCCCCCCCCCCCCCCCCCCCCCCCC(=O)NC(CO)C(O)CCCCCCCCCCCCCCCCCCCCCC. The van der Waals surface area contributed by atoms with Crippen molar-refractivity contribution >= 4 is 5.91 Å². The highest BCUT2D eigenvalue weighted by molar-refractivity contribution is 5.76. The van der Waals surface area contributed by atoms with E-state index in [0.717, 1.165) is 51.4 Å². The second kappa shape index (κ2) is 62.6. The number of aliphatic hydroxyl groups is 2. The Morgan fingerprint density at radius 3 is 0.930 bits per heavy atom. The van der Waals surface area contributed by atoms with Gasteiger partial charge in [-0.15, -0.1) is 0 Å². The Labute approximate surface area is 445 Å². The molecule has 0 aromatic carbocycles. The minimum atomic E-state index is -0.658. The number of carbonyl (C=O) groups is 1. The van der Waals surface area contributed by atoms with E-state index in [-0.39, 0.29) is 12.5 Å². The summed E-state index contributed by atoms with van der Waals surface area (Å²) in [4.78, 5) is 12.5. The van der Waals surface area contributed by atoms with E-state index in [9.17, 15) is 15.0 Å². The van der Waals surface area contributed by atoms with Gasteiger partial charge < -0.3 is 15.5 Å². The Morgan fingerprint density at radius 2 is 0.620 bits per heavy atom. The lowest BCUT2D eigenvalue weighted by Gasteiger charge is -2.22. The summed E-state index contributed by atoms with van der Waals surface area (Å²) in [5.74, 6) is -0.0236. The van der Waals surface area contributed by atoms with Gasteiger partial charge >= 0.3 is 0 Å². The molecule has 2 unspecified atom stereocenters. The third-order valence-electron chi connectivity index (χ3n) is 15.1. The van der Waals surface area contributed by atoms with Gasteiger partial charge in [0.25, 0.3) is 0 Å². The number of amides is 1. The largest absolute Gasteiger partial charge is 0.394 e. The predicted molar refractivity (Wildman–Crippen MR) is 318 cm³/mol. The second-order valence-electron chi connectivity index (χ2n) is 22.2. The van der Waals surface area contributed by atoms with Crippen LogP contribution in [0.1, 0.15) is 354 Å². The van der Waals surface area contributed by atoms with Crippen molar-refractivity contribution in [2.75, 3.05) is 6.61 Å². The zero-order valence-electron chi connectivity index (χ0n) is 48.3. The molecule has 0 aliphatic rings. The van der Waals surface area contributed by atoms with Crippen LogP contribution in [0.4, 0.5) is 0 Å². The molecule has 0 aliphatic carbocycles. The highest BCUT2D eigenvalue weighted by Gasteiger charge is 2.20. The molecule has 2 atom stereocenters. The Balaban J connectivity index is 3.37. The molecule has 0 saturated heterocycles. The van der Waals surface area contributed by atoms with Crippen LogP contribution in [0.5, 0.6) is 0 Å². The minimum absolute atomic E-state index is 0.0236. The molecule has 71 heavy (non-hydrogen) atoms. The van der Waals surface area contributed by atoms with Gasteiger partial charge in [-0.25, -0.2) is 0 Å². The van der Waals surface area contributed by atoms with E-state index >= 15 is 0 Å². The third-order valence-corrected chi connectivity index (χ3v) is 15.1. The molecule has 0 fully saturated rings. The quantitative estimate of drug-likeness (QED) is 0.0420. The number of aliphatic hydroxyl groups excluding tert-OH is 2. The topological polar surface area (TPSA) is 69.6 Å². The first kappa shape index (κ1) is 69.3. The molecule has 0 heterocycles. The molecular formula is C67H127NO3. The predicted octanol–water partition coefficient (Wildman–Crippen LogP) is 21.8. The molecule has 0 saturated carbocycles. The first-order valence-electron chi connectivity index (χ1n) is 32.3. The first-order chi connectivity index (χ1) is 35.2. The average molecular weight is 995 g/mol. The second-order valence-corrected chi connectivity index (χ2v) is 22.2. The van der Waals surface area contributed by atoms with E-state index in [1.807, 2.05) is 0 Å². The van der Waals surface area contributed by atoms with Gasteiger partial charge in [0.1, 0.15) is 0 Å². The zero-order chi connectivity index (χ0) is 51.3. The van der Waals surface area contributed by atoms with Crippen molar-refractivity contribution in [1.29, 1.82) is 0 Å². The van der Waals surface area contributed by atoms with Crippen LogP contribution in [0.2, 0.25) is 0 Å². The van der Waals surface area contributed by atoms with Gasteiger partial charge in [0.15, 0.2) is 0 Å². The summed E-state index contributed by atoms with van der Waals surface area (Å²) in [5.41, 5.74) is 0. The Bertz CT molecular complexity index is 1130. The highest BCUT2D eigenvalue weighted by Crippen LogP contribution is 2.19. The first-order valence-corrected chi connectivity index (χ1v) is 32.3. The lowest BCUT2D eigenvalue weighted by Crippen LogP contribution is -2.45. The molecule has 418 valence electrons. The van der Waals surface area contributed by atoms with Gasteiger partial charge in [0.05, 0.1) is 18.8 Å². The Hall–Kier alpha value is -1.65. The molecule has 4 nitrogen and oxygen atoms in total. The molecule has 3 N–H and O–H groups in total. The molecule has 0 spiro atoms. The summed E-state index contributed by atoms with van der Waals surface area (Å²) >= 11 is 0. The van der Waals surface area contributed by atoms with Crippen LogP contribution in [0.25, 0.3) is 0 Å². The molecule has 0 aliphatic heterocycles. The number of rotatable bonds is 60. The van der Waals surface area contributed by atoms with Crippen LogP contribution in [0.15, 0.2) is 48.6 Å². The number of carbonyl (C=O) groups excluding carboxylic acids is 1. The van der Waals surface area contributed by atoms with Crippen molar-refractivity contribution in [3.8, 4) is 0 Å². The van der Waals surface area contributed by atoms with Crippen LogP contribution in [-0.4, -0.2) is 34.9 Å². The van der Waals surface area contributed by atoms with Crippen molar-refractivity contribution in [1.82, 2.24) is 5.32 Å². The maximum Gasteiger partial charge on any atom is 0.220 e. The maximum atomic E-state index is 12.5. The lowest BCUT2D eigenvalue weighted by atomic mass is 10.0. The lowest BCUT2D eigenvalue weighted by molar-refractivity contribution is -0.123. The standard InChI is InChI=1S/C67H127NO3/c1-3-5-7-9-11-13-15-17-19-21-23-25-26-27-28-29-30-31-32-33-34-35-36-37-38-39-40-41-42-43-45-47-49-51-53-55-57-59-61-63-67(71)68-65(64-69)66(70)62-60-58-56-54-52-50-48-46-44-24-22-20-18-16-14-12-10-8-6-4-2/h5,7,11,13,17,19,23,25,65-66,69-70H,3-4,6,8-10,12,14-16,18,20-22,24,26-64H2,1-2H3,(H,68,71)/b7-5-,13-11-,19-17-,25-23-. The third kappa shape index (κ3) is 59.1. The summed E-state index contributed by atoms with van der Waals surface area (Å²) in [6.45, 7) is 4.28. The maximum absolute atomic E-state index is 12.5. The Morgan fingerprint density at radius 1 is 0.352 bits per heavy atom. The fourth-order valence-corrected chi connectivity index (χ4v) is 10.2. The van der Waals surface area contributed by atoms with E-state index in [1.165, 1.54) is 276 Å². The number of hydrogen-bond acceptors (Lipinski definition) is 3. The number of allylic oxidation sites excluding steroid dienone is 8. The fourth-order valence-electron chi connectivity index (χ4n) is 10.2. The molecule has 0 aromatic rings. The molecular weight excluding hydrogens is 867 g/mol. The van der Waals surface area contributed by atoms with Gasteiger partial charge in [-0.05, 0) is 51.4 Å². The summed E-state index contributed by atoms with van der Waals surface area (Å²) in [5, 5.41) is 23.4. The van der Waals surface area contributed by atoms with E-state index in [2.05, 4.69) is 67.8 Å². The van der Waals surface area contributed by atoms with Gasteiger partial charge in [-0.3, -0.25) is 4.79 Å². The summed E-state index contributed by atoms with van der Waals surface area (Å²) in [6, 6.07) is -0.535. The van der Waals surface area contributed by atoms with E-state index in [0.29, 0.717) is 12.8 Å². The monoisotopic (exact) mass is 994 g/mol. The fraction of sp³-hybridized carbons (Fsp3) is 0.866. The van der Waals surface area contributed by atoms with Crippen molar-refractivity contribution in [3.05, 3.63) is 48.6 Å². The van der Waals surface area contributed by atoms with Crippen LogP contribution in [0.3, 0.4) is 0 Å². The Kier molecular flexibility index (Phi) is 61.2. The zero-order valence-corrected chi connectivity index (χ0v) is 48.3. The van der Waals surface area contributed by atoms with Crippen LogP contribution >= 0.6 is 0 Å². The van der Waals surface area contributed by atoms with E-state index in [1.54, 1.807) is 0 Å². The van der Waals surface area contributed by atoms with Gasteiger partial charge in [0, 0.05) is 6.42 Å². The number of unbranched alkanes of at least 4 members (excludes halogenated alkanes) is 45. The van der Waals surface area contributed by atoms with Crippen LogP contribution < -0.4 is 5.32 Å². The molecule has 0 bridgehead atoms. The van der Waals surface area contributed by atoms with Gasteiger partial charge in [-0.1, -0.05) is 345 Å². The molecule has 4 heteroatoms. The van der Waals surface area contributed by atoms with E-state index in [4.69, 9.17) is 0 Å². The molecule has 0 radical (unpaired) electrons. The minimum Gasteiger partial charge on any atom is -0.394 e. The van der Waals surface area contributed by atoms with E-state index < -0.39 is 12.1 Å². The van der Waals surface area contributed by atoms with Crippen LogP contribution in [-0.2, 0) is 4.79 Å². The van der Waals surface area contributed by atoms with Gasteiger partial charge in [0.2, 0.25) is 5.91 Å². The average Bonchev–Trinajstić information content (AvgIpc) is 3.37. The molecule has 0 rings (SSSR count). The normalized spacial score (nSPS) is 13.0. The van der Waals surface area contributed by atoms with Crippen molar-refractivity contribution in [2.45, 2.75) is 366 Å².